The van der Waals surface area contributed by atoms with Crippen LogP contribution in [0.4, 0.5) is 5.00 Å². The molecule has 0 spiro atoms. The van der Waals surface area contributed by atoms with Crippen molar-refractivity contribution in [3.05, 3.63) is 46.6 Å². The van der Waals surface area contributed by atoms with Crippen LogP contribution >= 0.6 is 11.3 Å². The third-order valence-electron chi connectivity index (χ3n) is 7.23. The van der Waals surface area contributed by atoms with Crippen molar-refractivity contribution in [1.29, 1.82) is 0 Å². The number of fused-ring (bicyclic) bond motifs is 4. The van der Waals surface area contributed by atoms with E-state index < -0.39 is 0 Å². The molecule has 1 atom stereocenters. The summed E-state index contributed by atoms with van der Waals surface area (Å²) in [6, 6.07) is 9.13. The van der Waals surface area contributed by atoms with Crippen LogP contribution in [0.15, 0.2) is 30.6 Å². The average molecular weight is 451 g/mol. The number of rotatable bonds is 5. The standard InChI is InChI=1S/C24H30N6OS/c1-17-21(14-27-10-11-28-9-3-4-19(28)13-27)32-24-22(17)23-25-15-26-30(23)16-29(24)12-18-5-7-20(31-2)8-6-18/h5-8,15,19H,3-4,9-14,16H2,1-2H3/t19-/m0/s1. The Bertz CT molecular complexity index is 1110. The van der Waals surface area contributed by atoms with Gasteiger partial charge in [0.05, 0.1) is 12.7 Å². The molecule has 3 aromatic rings. The van der Waals surface area contributed by atoms with Gasteiger partial charge in [0.2, 0.25) is 0 Å². The van der Waals surface area contributed by atoms with Gasteiger partial charge < -0.3 is 9.64 Å². The number of hydrogen-bond acceptors (Lipinski definition) is 7. The van der Waals surface area contributed by atoms with Gasteiger partial charge in [0, 0.05) is 43.6 Å². The van der Waals surface area contributed by atoms with Crippen molar-refractivity contribution in [2.24, 2.45) is 0 Å². The van der Waals surface area contributed by atoms with Gasteiger partial charge in [-0.1, -0.05) is 12.1 Å². The molecule has 0 radical (unpaired) electrons. The smallest absolute Gasteiger partial charge is 0.163 e. The average Bonchev–Trinajstić information content (AvgIpc) is 3.53. The Morgan fingerprint density at radius 1 is 1.12 bits per heavy atom. The van der Waals surface area contributed by atoms with Gasteiger partial charge >= 0.3 is 0 Å². The topological polar surface area (TPSA) is 49.7 Å². The Kier molecular flexibility index (Phi) is 5.16. The fourth-order valence-corrected chi connectivity index (χ4v) is 6.78. The van der Waals surface area contributed by atoms with Crippen LogP contribution < -0.4 is 9.64 Å². The highest BCUT2D eigenvalue weighted by molar-refractivity contribution is 7.17. The van der Waals surface area contributed by atoms with Crippen LogP contribution in [0.25, 0.3) is 11.4 Å². The van der Waals surface area contributed by atoms with Gasteiger partial charge in [-0.05, 0) is 49.6 Å². The Hall–Kier alpha value is -2.42. The van der Waals surface area contributed by atoms with Crippen molar-refractivity contribution in [3.63, 3.8) is 0 Å². The minimum Gasteiger partial charge on any atom is -0.497 e. The van der Waals surface area contributed by atoms with E-state index in [0.29, 0.717) is 0 Å². The predicted molar refractivity (Wildman–Crippen MR) is 127 cm³/mol. The lowest BCUT2D eigenvalue weighted by Crippen LogP contribution is -2.49. The van der Waals surface area contributed by atoms with Crippen LogP contribution in [0.1, 0.15) is 28.8 Å². The Morgan fingerprint density at radius 2 is 2.00 bits per heavy atom. The zero-order valence-corrected chi connectivity index (χ0v) is 19.6. The SMILES string of the molecule is COc1ccc(CN2Cn3ncnc3-c3c2sc(CN2CCN4CCC[C@H]4C2)c3C)cc1. The van der Waals surface area contributed by atoms with Crippen LogP contribution in [-0.2, 0) is 19.8 Å². The molecule has 7 nitrogen and oxygen atoms in total. The van der Waals surface area contributed by atoms with Gasteiger partial charge in [-0.25, -0.2) is 9.67 Å². The Morgan fingerprint density at radius 3 is 2.84 bits per heavy atom. The van der Waals surface area contributed by atoms with Crippen molar-refractivity contribution in [1.82, 2.24) is 24.6 Å². The lowest BCUT2D eigenvalue weighted by atomic mass is 10.1. The van der Waals surface area contributed by atoms with E-state index >= 15 is 0 Å². The summed E-state index contributed by atoms with van der Waals surface area (Å²) in [5.41, 5.74) is 3.90. The van der Waals surface area contributed by atoms with Crippen molar-refractivity contribution in [2.75, 3.05) is 38.2 Å². The van der Waals surface area contributed by atoms with E-state index in [-0.39, 0.29) is 0 Å². The molecule has 2 aromatic heterocycles. The highest BCUT2D eigenvalue weighted by atomic mass is 32.1. The van der Waals surface area contributed by atoms with Crippen LogP contribution in [0.5, 0.6) is 5.75 Å². The van der Waals surface area contributed by atoms with Gasteiger partial charge in [0.15, 0.2) is 5.82 Å². The summed E-state index contributed by atoms with van der Waals surface area (Å²) in [6.07, 6.45) is 4.40. The summed E-state index contributed by atoms with van der Waals surface area (Å²) in [5.74, 6) is 1.90. The molecule has 8 heteroatoms. The van der Waals surface area contributed by atoms with E-state index in [9.17, 15) is 0 Å². The second-order valence-electron chi connectivity index (χ2n) is 9.17. The van der Waals surface area contributed by atoms with Gasteiger partial charge in [-0.2, -0.15) is 5.10 Å². The molecule has 0 aliphatic carbocycles. The molecule has 3 aliphatic heterocycles. The number of methoxy groups -OCH3 is 1. The molecule has 0 unspecified atom stereocenters. The second-order valence-corrected chi connectivity index (χ2v) is 10.3. The minimum absolute atomic E-state index is 0.731. The van der Waals surface area contributed by atoms with Crippen molar-refractivity contribution < 1.29 is 4.74 Å². The molecule has 2 fully saturated rings. The molecule has 5 heterocycles. The van der Waals surface area contributed by atoms with Gasteiger partial charge in [0.25, 0.3) is 0 Å². The maximum absolute atomic E-state index is 5.33. The number of ether oxygens (including phenoxy) is 1. The number of aromatic nitrogens is 3. The summed E-state index contributed by atoms with van der Waals surface area (Å²) in [6.45, 7) is 9.77. The number of hydrogen-bond donors (Lipinski definition) is 0. The monoisotopic (exact) mass is 450 g/mol. The normalized spacial score (nSPS) is 20.8. The van der Waals surface area contributed by atoms with Crippen LogP contribution in [-0.4, -0.2) is 63.9 Å². The zero-order chi connectivity index (χ0) is 21.7. The lowest BCUT2D eigenvalue weighted by Gasteiger charge is -2.37. The molecule has 0 N–H and O–H groups in total. The lowest BCUT2D eigenvalue weighted by molar-refractivity contribution is 0.1000. The van der Waals surface area contributed by atoms with Gasteiger partial charge in [-0.15, -0.1) is 11.3 Å². The molecule has 168 valence electrons. The van der Waals surface area contributed by atoms with Gasteiger partial charge in [-0.3, -0.25) is 9.80 Å². The molecule has 0 bridgehead atoms. The van der Waals surface area contributed by atoms with Crippen molar-refractivity contribution >= 4 is 16.3 Å². The summed E-state index contributed by atoms with van der Waals surface area (Å²) >= 11 is 1.95. The fourth-order valence-electron chi connectivity index (χ4n) is 5.44. The Balaban J connectivity index is 1.28. The number of benzene rings is 1. The molecule has 6 rings (SSSR count). The predicted octanol–water partition coefficient (Wildman–Crippen LogP) is 3.58. The van der Waals surface area contributed by atoms with E-state index in [0.717, 1.165) is 37.4 Å². The molecule has 1 aromatic carbocycles. The van der Waals surface area contributed by atoms with Crippen LogP contribution in [0.2, 0.25) is 0 Å². The second kappa shape index (κ2) is 8.17. The van der Waals surface area contributed by atoms with E-state index in [1.807, 2.05) is 28.2 Å². The van der Waals surface area contributed by atoms with Crippen LogP contribution in [0.3, 0.4) is 0 Å². The highest BCUT2D eigenvalue weighted by Gasteiger charge is 2.33. The summed E-state index contributed by atoms with van der Waals surface area (Å²) < 4.78 is 7.36. The fraction of sp³-hybridized carbons (Fsp3) is 0.500. The maximum Gasteiger partial charge on any atom is 0.163 e. The molecular weight excluding hydrogens is 420 g/mol. The molecule has 2 saturated heterocycles. The van der Waals surface area contributed by atoms with Crippen LogP contribution in [0, 0.1) is 6.92 Å². The molecular formula is C24H30N6OS. The number of piperazine rings is 1. The first-order valence-corrected chi connectivity index (χ1v) is 12.4. The molecule has 3 aliphatic rings. The van der Waals surface area contributed by atoms with Gasteiger partial charge in [0.1, 0.15) is 23.7 Å². The van der Waals surface area contributed by atoms with E-state index in [1.54, 1.807) is 13.4 Å². The molecule has 0 amide bonds. The summed E-state index contributed by atoms with van der Waals surface area (Å²) in [5, 5.41) is 5.84. The molecule has 0 saturated carbocycles. The first kappa shape index (κ1) is 20.2. The zero-order valence-electron chi connectivity index (χ0n) is 18.8. The molecule has 32 heavy (non-hydrogen) atoms. The third kappa shape index (κ3) is 3.50. The quantitative estimate of drug-likeness (QED) is 0.592. The van der Waals surface area contributed by atoms with Crippen molar-refractivity contribution in [2.45, 2.75) is 45.6 Å². The third-order valence-corrected chi connectivity index (χ3v) is 8.57. The first-order chi connectivity index (χ1) is 15.7. The maximum atomic E-state index is 5.33. The number of thiophene rings is 1. The number of anilines is 1. The van der Waals surface area contributed by atoms with E-state index in [2.05, 4.69) is 43.8 Å². The summed E-state index contributed by atoms with van der Waals surface area (Å²) in [7, 11) is 1.71. The summed E-state index contributed by atoms with van der Waals surface area (Å²) in [4.78, 5) is 13.9. The van der Waals surface area contributed by atoms with E-state index in [4.69, 9.17) is 4.74 Å². The largest absolute Gasteiger partial charge is 0.497 e. The number of nitrogens with zero attached hydrogens (tertiary/aromatic N) is 6. The van der Waals surface area contributed by atoms with E-state index in [1.165, 1.54) is 65.6 Å². The van der Waals surface area contributed by atoms with Crippen molar-refractivity contribution in [3.8, 4) is 17.1 Å². The highest BCUT2D eigenvalue weighted by Crippen LogP contribution is 2.45. The minimum atomic E-state index is 0.731. The first-order valence-electron chi connectivity index (χ1n) is 11.5. The Labute approximate surface area is 193 Å².